The number of esters is 1. The quantitative estimate of drug-likeness (QED) is 0.661. The monoisotopic (exact) mass is 359 g/mol. The molecular formula is C19H18ClNO4. The number of halogens is 1. The van der Waals surface area contributed by atoms with Crippen LogP contribution in [0.3, 0.4) is 0 Å². The van der Waals surface area contributed by atoms with Crippen LogP contribution in [0.25, 0.3) is 0 Å². The van der Waals surface area contributed by atoms with Gasteiger partial charge >= 0.3 is 5.97 Å². The normalized spacial score (nSPS) is 22.2. The maximum Gasteiger partial charge on any atom is 0.321 e. The predicted octanol–water partition coefficient (Wildman–Crippen LogP) is 2.60. The van der Waals surface area contributed by atoms with Crippen molar-refractivity contribution in [2.45, 2.75) is 19.6 Å². The Bertz CT molecular complexity index is 779. The summed E-state index contributed by atoms with van der Waals surface area (Å²) < 4.78 is 4.99. The van der Waals surface area contributed by atoms with Gasteiger partial charge in [-0.15, -0.1) is 0 Å². The average Bonchev–Trinajstić information content (AvgIpc) is 2.60. The number of ether oxygens (including phenoxy) is 1. The van der Waals surface area contributed by atoms with Gasteiger partial charge in [0.05, 0.1) is 12.3 Å². The minimum Gasteiger partial charge on any atom is -0.465 e. The van der Waals surface area contributed by atoms with Crippen LogP contribution >= 0.6 is 11.6 Å². The first-order valence-electron chi connectivity index (χ1n) is 8.02. The summed E-state index contributed by atoms with van der Waals surface area (Å²) in [6, 6.07) is 7.17. The third-order valence-electron chi connectivity index (χ3n) is 4.20. The van der Waals surface area contributed by atoms with Crippen LogP contribution in [0.2, 0.25) is 5.02 Å². The molecule has 0 aliphatic carbocycles. The molecule has 1 aromatic rings. The summed E-state index contributed by atoms with van der Waals surface area (Å²) in [5.74, 6) is -2.38. The van der Waals surface area contributed by atoms with Crippen LogP contribution in [0.1, 0.15) is 12.5 Å². The lowest BCUT2D eigenvalue weighted by Crippen LogP contribution is -2.50. The molecule has 5 nitrogen and oxygen atoms in total. The summed E-state index contributed by atoms with van der Waals surface area (Å²) >= 11 is 5.91. The summed E-state index contributed by atoms with van der Waals surface area (Å²) in [5, 5.41) is 11.1. The number of fused-ring (bicyclic) bond motifs is 1. The topological polar surface area (TPSA) is 66.8 Å². The van der Waals surface area contributed by atoms with E-state index in [0.717, 1.165) is 5.56 Å². The number of nitrogens with zero attached hydrogens (tertiary/aromatic N) is 1. The Balaban J connectivity index is 2.01. The van der Waals surface area contributed by atoms with E-state index in [0.29, 0.717) is 22.7 Å². The van der Waals surface area contributed by atoms with Crippen molar-refractivity contribution in [3.8, 4) is 0 Å². The molecule has 0 saturated carbocycles. The second kappa shape index (κ2) is 7.25. The van der Waals surface area contributed by atoms with E-state index in [4.69, 9.17) is 16.3 Å². The molecule has 0 saturated heterocycles. The van der Waals surface area contributed by atoms with Crippen molar-refractivity contribution in [1.29, 1.82) is 0 Å². The van der Waals surface area contributed by atoms with Gasteiger partial charge in [-0.05, 0) is 36.8 Å². The Morgan fingerprint density at radius 2 is 2.00 bits per heavy atom. The lowest BCUT2D eigenvalue weighted by atomic mass is 9.85. The molecule has 130 valence electrons. The van der Waals surface area contributed by atoms with Gasteiger partial charge in [-0.2, -0.15) is 0 Å². The van der Waals surface area contributed by atoms with E-state index in [1.165, 1.54) is 4.90 Å². The Kier molecular flexibility index (Phi) is 5.06. The third-order valence-corrected chi connectivity index (χ3v) is 4.45. The smallest absolute Gasteiger partial charge is 0.321 e. The Morgan fingerprint density at radius 1 is 1.28 bits per heavy atom. The first-order valence-corrected chi connectivity index (χ1v) is 8.40. The number of carbonyl (C=O) groups excluding carboxylic acids is 2. The van der Waals surface area contributed by atoms with E-state index in [1.54, 1.807) is 43.5 Å². The van der Waals surface area contributed by atoms with E-state index in [1.807, 2.05) is 12.1 Å². The molecule has 1 N–H and O–H groups in total. The number of Topliss-reactive ketones (excluding diaryl/α,β-unsaturated/α-hetero) is 1. The minimum absolute atomic E-state index is 0.147. The van der Waals surface area contributed by atoms with Crippen LogP contribution in [-0.4, -0.2) is 34.6 Å². The number of ketones is 1. The predicted molar refractivity (Wildman–Crippen MR) is 93.4 cm³/mol. The second-order valence-corrected chi connectivity index (χ2v) is 6.22. The lowest BCUT2D eigenvalue weighted by Gasteiger charge is -2.38. The highest BCUT2D eigenvalue weighted by Crippen LogP contribution is 2.33. The number of hydrogen-bond acceptors (Lipinski definition) is 5. The van der Waals surface area contributed by atoms with E-state index < -0.39 is 23.9 Å². The zero-order valence-corrected chi connectivity index (χ0v) is 14.4. The van der Waals surface area contributed by atoms with Crippen molar-refractivity contribution >= 4 is 23.4 Å². The van der Waals surface area contributed by atoms with Crippen molar-refractivity contribution in [2.24, 2.45) is 5.92 Å². The van der Waals surface area contributed by atoms with Crippen molar-refractivity contribution in [3.63, 3.8) is 0 Å². The van der Waals surface area contributed by atoms with Gasteiger partial charge < -0.3 is 14.7 Å². The maximum atomic E-state index is 12.9. The van der Waals surface area contributed by atoms with Crippen molar-refractivity contribution in [2.75, 3.05) is 6.61 Å². The lowest BCUT2D eigenvalue weighted by molar-refractivity contribution is -0.160. The number of allylic oxidation sites excluding steroid dienone is 4. The van der Waals surface area contributed by atoms with Crippen LogP contribution in [0, 0.1) is 5.92 Å². The minimum atomic E-state index is -1.28. The highest BCUT2D eigenvalue weighted by Gasteiger charge is 2.45. The molecule has 3 rings (SSSR count). The van der Waals surface area contributed by atoms with Crippen LogP contribution in [0.4, 0.5) is 0 Å². The highest BCUT2D eigenvalue weighted by molar-refractivity contribution is 6.30. The number of benzene rings is 1. The molecule has 0 bridgehead atoms. The van der Waals surface area contributed by atoms with Gasteiger partial charge in [0.15, 0.2) is 17.9 Å². The number of carbonyl (C=O) groups is 2. The summed E-state index contributed by atoms with van der Waals surface area (Å²) in [6.45, 7) is 1.81. The zero-order chi connectivity index (χ0) is 18.0. The molecule has 0 radical (unpaired) electrons. The van der Waals surface area contributed by atoms with E-state index in [9.17, 15) is 14.7 Å². The molecule has 2 unspecified atom stereocenters. The van der Waals surface area contributed by atoms with Gasteiger partial charge in [-0.3, -0.25) is 9.59 Å². The summed E-state index contributed by atoms with van der Waals surface area (Å²) in [7, 11) is 0. The third kappa shape index (κ3) is 3.38. The molecule has 25 heavy (non-hydrogen) atoms. The fourth-order valence-electron chi connectivity index (χ4n) is 3.00. The molecule has 1 aromatic carbocycles. The SMILES string of the molecule is CCOC(=O)C1C(=O)C(Cc2ccc(Cl)cc2)=C2C=CC=CN2C1O. The zero-order valence-electron chi connectivity index (χ0n) is 13.7. The molecule has 2 heterocycles. The van der Waals surface area contributed by atoms with Gasteiger partial charge in [0.2, 0.25) is 0 Å². The van der Waals surface area contributed by atoms with Crippen molar-refractivity contribution in [3.05, 3.63) is 70.5 Å². The molecule has 0 spiro atoms. The van der Waals surface area contributed by atoms with Crippen LogP contribution < -0.4 is 0 Å². The van der Waals surface area contributed by atoms with E-state index in [-0.39, 0.29) is 6.61 Å². The molecule has 0 aromatic heterocycles. The summed E-state index contributed by atoms with van der Waals surface area (Å²) in [4.78, 5) is 26.7. The Labute approximate surface area is 150 Å². The summed E-state index contributed by atoms with van der Waals surface area (Å²) in [6.07, 6.45) is 6.00. The molecular weight excluding hydrogens is 342 g/mol. The number of hydrogen-bond donors (Lipinski definition) is 1. The first-order chi connectivity index (χ1) is 12.0. The van der Waals surface area contributed by atoms with Gasteiger partial charge in [0, 0.05) is 23.2 Å². The van der Waals surface area contributed by atoms with Gasteiger partial charge in [0.25, 0.3) is 0 Å². The Morgan fingerprint density at radius 3 is 2.68 bits per heavy atom. The van der Waals surface area contributed by atoms with Crippen LogP contribution in [-0.2, 0) is 20.7 Å². The molecule has 0 fully saturated rings. The number of rotatable bonds is 4. The van der Waals surface area contributed by atoms with Crippen molar-refractivity contribution in [1.82, 2.24) is 4.90 Å². The largest absolute Gasteiger partial charge is 0.465 e. The standard InChI is InChI=1S/C19H18ClNO4/c1-2-25-19(24)16-17(22)14(11-12-6-8-13(20)9-7-12)15-5-3-4-10-21(15)18(16)23/h3-10,16,18,23H,2,11H2,1H3. The van der Waals surface area contributed by atoms with Gasteiger partial charge in [-0.25, -0.2) is 0 Å². The van der Waals surface area contributed by atoms with E-state index in [2.05, 4.69) is 0 Å². The fourth-order valence-corrected chi connectivity index (χ4v) is 3.12. The number of aliphatic hydroxyl groups is 1. The van der Waals surface area contributed by atoms with E-state index >= 15 is 0 Å². The molecule has 0 amide bonds. The summed E-state index contributed by atoms with van der Waals surface area (Å²) in [5.41, 5.74) is 1.95. The highest BCUT2D eigenvalue weighted by atomic mass is 35.5. The van der Waals surface area contributed by atoms with Crippen LogP contribution in [0.15, 0.2) is 60.0 Å². The molecule has 2 aliphatic heterocycles. The second-order valence-electron chi connectivity index (χ2n) is 5.78. The first kappa shape index (κ1) is 17.5. The molecule has 6 heteroatoms. The molecule has 2 aliphatic rings. The molecule has 2 atom stereocenters. The van der Waals surface area contributed by atoms with Gasteiger partial charge in [0.1, 0.15) is 0 Å². The average molecular weight is 360 g/mol. The van der Waals surface area contributed by atoms with Gasteiger partial charge in [-0.1, -0.05) is 29.8 Å². The van der Waals surface area contributed by atoms with Crippen molar-refractivity contribution < 1.29 is 19.4 Å². The number of aliphatic hydroxyl groups excluding tert-OH is 1. The maximum absolute atomic E-state index is 12.9. The van der Waals surface area contributed by atoms with Crippen LogP contribution in [0.5, 0.6) is 0 Å². The fraction of sp³-hybridized carbons (Fsp3) is 0.263. The Hall–Kier alpha value is -2.37.